The predicted molar refractivity (Wildman–Crippen MR) is 92.7 cm³/mol. The minimum atomic E-state index is -1.10. The molecule has 1 atom stereocenters. The summed E-state index contributed by atoms with van der Waals surface area (Å²) in [4.78, 5) is 12.1. The maximum absolute atomic E-state index is 12.1. The van der Waals surface area contributed by atoms with Crippen molar-refractivity contribution in [2.24, 2.45) is 0 Å². The number of hydrogen-bond acceptors (Lipinski definition) is 4. The molecule has 0 radical (unpaired) electrons. The highest BCUT2D eigenvalue weighted by Crippen LogP contribution is 2.22. The van der Waals surface area contributed by atoms with Crippen LogP contribution in [-0.2, 0) is 16.9 Å². The largest absolute Gasteiger partial charge is 0.384 e. The zero-order valence-electron chi connectivity index (χ0n) is 13.3. The second-order valence-corrected chi connectivity index (χ2v) is 6.17. The SMILES string of the molecule is CCOCc1ccccc1NC(=O)NC[C@](C)(O)c1ccsc1. The molecule has 5 nitrogen and oxygen atoms in total. The molecule has 2 amide bonds. The van der Waals surface area contributed by atoms with E-state index in [0.717, 1.165) is 11.1 Å². The summed E-state index contributed by atoms with van der Waals surface area (Å²) in [5.74, 6) is 0. The summed E-state index contributed by atoms with van der Waals surface area (Å²) in [5, 5.41) is 19.7. The summed E-state index contributed by atoms with van der Waals surface area (Å²) in [6.07, 6.45) is 0. The van der Waals surface area contributed by atoms with Gasteiger partial charge in [0.2, 0.25) is 0 Å². The van der Waals surface area contributed by atoms with Gasteiger partial charge in [-0.15, -0.1) is 0 Å². The first-order valence-electron chi connectivity index (χ1n) is 7.48. The molecule has 2 aromatic rings. The van der Waals surface area contributed by atoms with Gasteiger partial charge in [-0.25, -0.2) is 4.79 Å². The van der Waals surface area contributed by atoms with Crippen LogP contribution >= 0.6 is 11.3 Å². The van der Waals surface area contributed by atoms with Gasteiger partial charge in [-0.3, -0.25) is 0 Å². The highest BCUT2D eigenvalue weighted by molar-refractivity contribution is 7.08. The first kappa shape index (κ1) is 17.5. The average molecular weight is 334 g/mol. The number of nitrogens with one attached hydrogen (secondary N) is 2. The molecule has 0 bridgehead atoms. The lowest BCUT2D eigenvalue weighted by molar-refractivity contribution is 0.0604. The molecule has 3 N–H and O–H groups in total. The fourth-order valence-electron chi connectivity index (χ4n) is 2.07. The quantitative estimate of drug-likeness (QED) is 0.727. The van der Waals surface area contributed by atoms with Crippen LogP contribution in [-0.4, -0.2) is 24.3 Å². The summed E-state index contributed by atoms with van der Waals surface area (Å²) in [7, 11) is 0. The topological polar surface area (TPSA) is 70.6 Å². The van der Waals surface area contributed by atoms with E-state index in [1.165, 1.54) is 11.3 Å². The number of benzene rings is 1. The molecule has 2 rings (SSSR count). The lowest BCUT2D eigenvalue weighted by Gasteiger charge is -2.23. The molecule has 23 heavy (non-hydrogen) atoms. The molecular weight excluding hydrogens is 312 g/mol. The first-order chi connectivity index (χ1) is 11.0. The van der Waals surface area contributed by atoms with Crippen LogP contribution < -0.4 is 10.6 Å². The van der Waals surface area contributed by atoms with E-state index in [-0.39, 0.29) is 12.6 Å². The van der Waals surface area contributed by atoms with Crippen LogP contribution in [0.3, 0.4) is 0 Å². The van der Waals surface area contributed by atoms with E-state index < -0.39 is 5.60 Å². The Hall–Kier alpha value is -1.89. The zero-order valence-corrected chi connectivity index (χ0v) is 14.2. The third kappa shape index (κ3) is 5.06. The van der Waals surface area contributed by atoms with Crippen molar-refractivity contribution >= 4 is 23.1 Å². The van der Waals surface area contributed by atoms with E-state index in [2.05, 4.69) is 10.6 Å². The van der Waals surface area contributed by atoms with Crippen molar-refractivity contribution in [3.8, 4) is 0 Å². The fraction of sp³-hybridized carbons (Fsp3) is 0.353. The number of hydrogen-bond donors (Lipinski definition) is 3. The maximum atomic E-state index is 12.1. The Bertz CT molecular complexity index is 627. The van der Waals surface area contributed by atoms with Crippen molar-refractivity contribution in [1.82, 2.24) is 5.32 Å². The highest BCUT2D eigenvalue weighted by Gasteiger charge is 2.24. The van der Waals surface area contributed by atoms with Crippen LogP contribution in [0, 0.1) is 0 Å². The zero-order chi connectivity index (χ0) is 16.7. The number of ether oxygens (including phenoxy) is 1. The number of thiophene rings is 1. The third-order valence-corrected chi connectivity index (χ3v) is 4.15. The van der Waals surface area contributed by atoms with Gasteiger partial charge >= 0.3 is 6.03 Å². The normalized spacial score (nSPS) is 13.3. The minimum absolute atomic E-state index is 0.128. The van der Waals surface area contributed by atoms with Gasteiger partial charge in [-0.1, -0.05) is 18.2 Å². The van der Waals surface area contributed by atoms with E-state index in [4.69, 9.17) is 4.74 Å². The van der Waals surface area contributed by atoms with Gasteiger partial charge in [0.1, 0.15) is 5.60 Å². The molecule has 0 aliphatic carbocycles. The Morgan fingerprint density at radius 1 is 1.35 bits per heavy atom. The van der Waals surface area contributed by atoms with Gasteiger partial charge in [0.25, 0.3) is 0 Å². The molecule has 0 spiro atoms. The fourth-order valence-corrected chi connectivity index (χ4v) is 2.85. The number of carbonyl (C=O) groups excluding carboxylic acids is 1. The maximum Gasteiger partial charge on any atom is 0.319 e. The highest BCUT2D eigenvalue weighted by atomic mass is 32.1. The molecule has 0 aliphatic heterocycles. The Labute approximate surface area is 140 Å². The summed E-state index contributed by atoms with van der Waals surface area (Å²) in [6, 6.07) is 8.98. The van der Waals surface area contributed by atoms with E-state index in [1.807, 2.05) is 48.0 Å². The molecule has 1 aromatic carbocycles. The first-order valence-corrected chi connectivity index (χ1v) is 8.43. The number of amides is 2. The van der Waals surface area contributed by atoms with Crippen molar-refractivity contribution in [1.29, 1.82) is 0 Å². The van der Waals surface area contributed by atoms with Crippen molar-refractivity contribution in [2.45, 2.75) is 26.1 Å². The molecule has 6 heteroatoms. The molecule has 0 saturated carbocycles. The van der Waals surface area contributed by atoms with Gasteiger partial charge in [0.15, 0.2) is 0 Å². The Balaban J connectivity index is 1.92. The number of carbonyl (C=O) groups is 1. The smallest absolute Gasteiger partial charge is 0.319 e. The van der Waals surface area contributed by atoms with Crippen LogP contribution in [0.4, 0.5) is 10.5 Å². The van der Waals surface area contributed by atoms with E-state index in [1.54, 1.807) is 6.92 Å². The van der Waals surface area contributed by atoms with Crippen molar-refractivity contribution in [3.05, 3.63) is 52.2 Å². The van der Waals surface area contributed by atoms with Crippen molar-refractivity contribution in [3.63, 3.8) is 0 Å². The average Bonchev–Trinajstić information content (AvgIpc) is 3.08. The summed E-state index contributed by atoms with van der Waals surface area (Å²) < 4.78 is 5.39. The number of para-hydroxylation sites is 1. The number of aliphatic hydroxyl groups is 1. The molecule has 0 fully saturated rings. The Morgan fingerprint density at radius 3 is 2.83 bits per heavy atom. The van der Waals surface area contributed by atoms with Crippen LogP contribution in [0.25, 0.3) is 0 Å². The molecule has 0 aliphatic rings. The summed E-state index contributed by atoms with van der Waals surface area (Å²) >= 11 is 1.51. The molecule has 124 valence electrons. The third-order valence-electron chi connectivity index (χ3n) is 3.46. The van der Waals surface area contributed by atoms with Crippen LogP contribution in [0.5, 0.6) is 0 Å². The molecular formula is C17H22N2O3S. The van der Waals surface area contributed by atoms with Gasteiger partial charge in [0, 0.05) is 17.9 Å². The van der Waals surface area contributed by atoms with E-state index >= 15 is 0 Å². The van der Waals surface area contributed by atoms with Crippen molar-refractivity contribution < 1.29 is 14.6 Å². The second kappa shape index (κ2) is 8.10. The van der Waals surface area contributed by atoms with E-state index in [9.17, 15) is 9.90 Å². The van der Waals surface area contributed by atoms with Crippen LogP contribution in [0.15, 0.2) is 41.1 Å². The monoisotopic (exact) mass is 334 g/mol. The van der Waals surface area contributed by atoms with Gasteiger partial charge in [-0.05, 0) is 42.3 Å². The number of urea groups is 1. The lowest BCUT2D eigenvalue weighted by atomic mass is 9.99. The second-order valence-electron chi connectivity index (χ2n) is 5.39. The number of anilines is 1. The molecule has 1 heterocycles. The molecule has 1 aromatic heterocycles. The van der Waals surface area contributed by atoms with E-state index in [0.29, 0.717) is 18.9 Å². The van der Waals surface area contributed by atoms with Crippen molar-refractivity contribution in [2.75, 3.05) is 18.5 Å². The van der Waals surface area contributed by atoms with Crippen LogP contribution in [0.1, 0.15) is 25.0 Å². The lowest BCUT2D eigenvalue weighted by Crippen LogP contribution is -2.40. The molecule has 0 unspecified atom stereocenters. The summed E-state index contributed by atoms with van der Waals surface area (Å²) in [6.45, 7) is 4.79. The van der Waals surface area contributed by atoms with Gasteiger partial charge in [-0.2, -0.15) is 11.3 Å². The van der Waals surface area contributed by atoms with Crippen LogP contribution in [0.2, 0.25) is 0 Å². The van der Waals surface area contributed by atoms with Gasteiger partial charge in [0.05, 0.1) is 13.2 Å². The predicted octanol–water partition coefficient (Wildman–Crippen LogP) is 3.31. The standard InChI is InChI=1S/C17H22N2O3S/c1-3-22-10-13-6-4-5-7-15(13)19-16(20)18-12-17(2,21)14-8-9-23-11-14/h4-9,11,21H,3,10,12H2,1-2H3,(H2,18,19,20)/t17-/m0/s1. The van der Waals surface area contributed by atoms with Gasteiger partial charge < -0.3 is 20.5 Å². The summed E-state index contributed by atoms with van der Waals surface area (Å²) in [5.41, 5.74) is 1.31. The minimum Gasteiger partial charge on any atom is -0.384 e. The number of rotatable bonds is 7. The molecule has 0 saturated heterocycles. The Kier molecular flexibility index (Phi) is 6.15. The Morgan fingerprint density at radius 2 is 2.13 bits per heavy atom.